The minimum Gasteiger partial charge on any atom is -0.496 e. The van der Waals surface area contributed by atoms with Crippen LogP contribution in [0.15, 0.2) is 36.4 Å². The van der Waals surface area contributed by atoms with Gasteiger partial charge in [-0.25, -0.2) is 0 Å². The van der Waals surface area contributed by atoms with E-state index in [1.807, 2.05) is 44.2 Å². The molecule has 3 heteroatoms. The fourth-order valence-corrected chi connectivity index (χ4v) is 2.36. The van der Waals surface area contributed by atoms with E-state index in [9.17, 15) is 4.79 Å². The lowest BCUT2D eigenvalue weighted by molar-refractivity contribution is 0.103. The number of carbonyl (C=O) groups is 1. The largest absolute Gasteiger partial charge is 0.496 e. The molecule has 0 unspecified atom stereocenters. The van der Waals surface area contributed by atoms with Gasteiger partial charge in [-0.15, -0.1) is 0 Å². The Kier molecular flexibility index (Phi) is 4.20. The predicted molar refractivity (Wildman–Crippen MR) is 80.2 cm³/mol. The van der Waals surface area contributed by atoms with Crippen molar-refractivity contribution >= 4 is 5.78 Å². The Morgan fingerprint density at radius 1 is 1.20 bits per heavy atom. The summed E-state index contributed by atoms with van der Waals surface area (Å²) in [5.41, 5.74) is 9.82. The molecule has 0 aromatic heterocycles. The van der Waals surface area contributed by atoms with Crippen LogP contribution in [0, 0.1) is 13.8 Å². The molecule has 2 aromatic rings. The number of nitrogens with two attached hydrogens (primary N) is 1. The van der Waals surface area contributed by atoms with Gasteiger partial charge in [-0.05, 0) is 42.7 Å². The molecule has 0 atom stereocenters. The van der Waals surface area contributed by atoms with Crippen molar-refractivity contribution in [2.45, 2.75) is 20.4 Å². The van der Waals surface area contributed by atoms with Crippen LogP contribution in [0.4, 0.5) is 0 Å². The Bertz CT molecular complexity index is 647. The number of ketones is 1. The zero-order valence-corrected chi connectivity index (χ0v) is 12.1. The molecule has 0 amide bonds. The van der Waals surface area contributed by atoms with Crippen LogP contribution in [0.2, 0.25) is 0 Å². The van der Waals surface area contributed by atoms with E-state index in [1.54, 1.807) is 13.2 Å². The molecule has 0 bridgehead atoms. The van der Waals surface area contributed by atoms with E-state index in [2.05, 4.69) is 0 Å². The Hall–Kier alpha value is -2.13. The molecular weight excluding hydrogens is 250 g/mol. The van der Waals surface area contributed by atoms with Crippen LogP contribution in [-0.2, 0) is 6.54 Å². The molecule has 0 saturated heterocycles. The van der Waals surface area contributed by atoms with E-state index in [4.69, 9.17) is 10.5 Å². The molecule has 20 heavy (non-hydrogen) atoms. The standard InChI is InChI=1S/C17H19NO2/c1-11-7-12(2)16(15(8-11)20-3)17(19)14-6-4-5-13(9-14)10-18/h4-9H,10,18H2,1-3H3. The third-order valence-electron chi connectivity index (χ3n) is 3.32. The van der Waals surface area contributed by atoms with Gasteiger partial charge >= 0.3 is 0 Å². The second-order valence-electron chi connectivity index (χ2n) is 4.89. The molecule has 0 aliphatic heterocycles. The first-order valence-corrected chi connectivity index (χ1v) is 6.55. The zero-order valence-electron chi connectivity index (χ0n) is 12.1. The molecule has 2 N–H and O–H groups in total. The van der Waals surface area contributed by atoms with Crippen molar-refractivity contribution in [1.29, 1.82) is 0 Å². The molecule has 0 spiro atoms. The Morgan fingerprint density at radius 2 is 1.95 bits per heavy atom. The lowest BCUT2D eigenvalue weighted by atomic mass is 9.95. The van der Waals surface area contributed by atoms with Gasteiger partial charge < -0.3 is 10.5 Å². The summed E-state index contributed by atoms with van der Waals surface area (Å²) in [5.74, 6) is 0.584. The molecule has 0 saturated carbocycles. The van der Waals surface area contributed by atoms with Crippen molar-refractivity contribution in [2.24, 2.45) is 5.73 Å². The summed E-state index contributed by atoms with van der Waals surface area (Å²) in [6.45, 7) is 4.33. The van der Waals surface area contributed by atoms with Gasteiger partial charge in [0, 0.05) is 12.1 Å². The number of methoxy groups -OCH3 is 1. The molecule has 2 rings (SSSR count). The van der Waals surface area contributed by atoms with Crippen molar-refractivity contribution in [1.82, 2.24) is 0 Å². The highest BCUT2D eigenvalue weighted by Gasteiger charge is 2.17. The molecule has 0 aliphatic rings. The number of aryl methyl sites for hydroxylation is 2. The van der Waals surface area contributed by atoms with Crippen LogP contribution in [-0.4, -0.2) is 12.9 Å². The molecular formula is C17H19NO2. The Morgan fingerprint density at radius 3 is 2.60 bits per heavy atom. The summed E-state index contributed by atoms with van der Waals surface area (Å²) in [4.78, 5) is 12.7. The number of hydrogen-bond acceptors (Lipinski definition) is 3. The van der Waals surface area contributed by atoms with Gasteiger partial charge in [0.1, 0.15) is 5.75 Å². The third kappa shape index (κ3) is 2.73. The highest BCUT2D eigenvalue weighted by molar-refractivity contribution is 6.11. The number of benzene rings is 2. The predicted octanol–water partition coefficient (Wildman–Crippen LogP) is 3.00. The molecule has 2 aromatic carbocycles. The van der Waals surface area contributed by atoms with E-state index < -0.39 is 0 Å². The summed E-state index contributed by atoms with van der Waals surface area (Å²) >= 11 is 0. The van der Waals surface area contributed by atoms with Gasteiger partial charge in [0.2, 0.25) is 0 Å². The van der Waals surface area contributed by atoms with Crippen LogP contribution in [0.1, 0.15) is 32.6 Å². The molecule has 3 nitrogen and oxygen atoms in total. The molecule has 0 heterocycles. The average molecular weight is 269 g/mol. The van der Waals surface area contributed by atoms with Gasteiger partial charge in [0.25, 0.3) is 0 Å². The van der Waals surface area contributed by atoms with E-state index in [0.717, 1.165) is 16.7 Å². The van der Waals surface area contributed by atoms with Gasteiger partial charge in [-0.1, -0.05) is 24.3 Å². The minimum atomic E-state index is -0.0327. The third-order valence-corrected chi connectivity index (χ3v) is 3.32. The first-order chi connectivity index (χ1) is 9.56. The summed E-state index contributed by atoms with van der Waals surface area (Å²) in [5, 5.41) is 0. The minimum absolute atomic E-state index is 0.0327. The Labute approximate surface area is 119 Å². The maximum absolute atomic E-state index is 12.7. The van der Waals surface area contributed by atoms with Crippen molar-refractivity contribution < 1.29 is 9.53 Å². The quantitative estimate of drug-likeness (QED) is 0.868. The van der Waals surface area contributed by atoms with E-state index >= 15 is 0 Å². The average Bonchev–Trinajstić information content (AvgIpc) is 2.45. The first-order valence-electron chi connectivity index (χ1n) is 6.55. The van der Waals surface area contributed by atoms with E-state index in [-0.39, 0.29) is 5.78 Å². The molecule has 104 valence electrons. The van der Waals surface area contributed by atoms with Crippen LogP contribution >= 0.6 is 0 Å². The summed E-state index contributed by atoms with van der Waals surface area (Å²) < 4.78 is 5.36. The zero-order chi connectivity index (χ0) is 14.7. The topological polar surface area (TPSA) is 52.3 Å². The Balaban J connectivity index is 2.52. The maximum atomic E-state index is 12.7. The summed E-state index contributed by atoms with van der Waals surface area (Å²) in [6.07, 6.45) is 0. The maximum Gasteiger partial charge on any atom is 0.197 e. The van der Waals surface area contributed by atoms with Crippen LogP contribution < -0.4 is 10.5 Å². The monoisotopic (exact) mass is 269 g/mol. The van der Waals surface area contributed by atoms with Crippen molar-refractivity contribution in [3.05, 3.63) is 64.2 Å². The molecule has 0 fully saturated rings. The van der Waals surface area contributed by atoms with E-state index in [1.165, 1.54) is 0 Å². The van der Waals surface area contributed by atoms with Crippen LogP contribution in [0.3, 0.4) is 0 Å². The molecule has 0 aliphatic carbocycles. The second-order valence-corrected chi connectivity index (χ2v) is 4.89. The van der Waals surface area contributed by atoms with Crippen LogP contribution in [0.25, 0.3) is 0 Å². The number of carbonyl (C=O) groups excluding carboxylic acids is 1. The fourth-order valence-electron chi connectivity index (χ4n) is 2.36. The normalized spacial score (nSPS) is 10.4. The van der Waals surface area contributed by atoms with Gasteiger partial charge in [-0.2, -0.15) is 0 Å². The number of hydrogen-bond donors (Lipinski definition) is 1. The SMILES string of the molecule is COc1cc(C)cc(C)c1C(=O)c1cccc(CN)c1. The lowest BCUT2D eigenvalue weighted by Crippen LogP contribution is -2.08. The van der Waals surface area contributed by atoms with E-state index in [0.29, 0.717) is 23.4 Å². The first kappa shape index (κ1) is 14.3. The number of ether oxygens (including phenoxy) is 1. The lowest BCUT2D eigenvalue weighted by Gasteiger charge is -2.12. The smallest absolute Gasteiger partial charge is 0.197 e. The highest BCUT2D eigenvalue weighted by Crippen LogP contribution is 2.27. The van der Waals surface area contributed by atoms with Crippen molar-refractivity contribution in [2.75, 3.05) is 7.11 Å². The highest BCUT2D eigenvalue weighted by atomic mass is 16.5. The number of rotatable bonds is 4. The van der Waals surface area contributed by atoms with Crippen molar-refractivity contribution in [3.8, 4) is 5.75 Å². The molecule has 0 radical (unpaired) electrons. The van der Waals surface area contributed by atoms with Crippen molar-refractivity contribution in [3.63, 3.8) is 0 Å². The van der Waals surface area contributed by atoms with Crippen LogP contribution in [0.5, 0.6) is 5.75 Å². The fraction of sp³-hybridized carbons (Fsp3) is 0.235. The summed E-state index contributed by atoms with van der Waals surface area (Å²) in [7, 11) is 1.58. The summed E-state index contributed by atoms with van der Waals surface area (Å²) in [6, 6.07) is 11.3. The second kappa shape index (κ2) is 5.88. The van der Waals surface area contributed by atoms with Gasteiger partial charge in [0.05, 0.1) is 12.7 Å². The van der Waals surface area contributed by atoms with Gasteiger partial charge in [0.15, 0.2) is 5.78 Å². The van der Waals surface area contributed by atoms with Gasteiger partial charge in [-0.3, -0.25) is 4.79 Å².